The summed E-state index contributed by atoms with van der Waals surface area (Å²) in [5, 5.41) is 0.803. The van der Waals surface area contributed by atoms with Crippen LogP contribution < -0.4 is 0 Å². The van der Waals surface area contributed by atoms with Crippen molar-refractivity contribution < 1.29 is 9.53 Å². The number of alkyl halides is 1. The van der Waals surface area contributed by atoms with E-state index < -0.39 is 0 Å². The molecule has 1 amide bonds. The molecule has 0 bridgehead atoms. The van der Waals surface area contributed by atoms with Gasteiger partial charge >= 0.3 is 0 Å². The van der Waals surface area contributed by atoms with E-state index in [1.807, 2.05) is 4.90 Å². The van der Waals surface area contributed by atoms with Crippen LogP contribution in [0.25, 0.3) is 0 Å². The average molecular weight is 350 g/mol. The number of halogens is 1. The Morgan fingerprint density at radius 3 is 3.10 bits per heavy atom. The summed E-state index contributed by atoms with van der Waals surface area (Å²) < 4.78 is 5.64. The fraction of sp³-hybridized carbons (Fsp3) is 0.588. The van der Waals surface area contributed by atoms with Gasteiger partial charge < -0.3 is 9.64 Å². The third kappa shape index (κ3) is 2.33. The number of morpholine rings is 1. The van der Waals surface area contributed by atoms with E-state index in [9.17, 15) is 4.79 Å². The first-order chi connectivity index (χ1) is 10.3. The topological polar surface area (TPSA) is 29.5 Å². The Bertz CT molecular complexity index is 561. The van der Waals surface area contributed by atoms with Crippen LogP contribution in [0.4, 0.5) is 0 Å². The predicted molar refractivity (Wildman–Crippen MR) is 84.6 cm³/mol. The third-order valence-corrected chi connectivity index (χ3v) is 5.96. The number of carbonyl (C=O) groups is 1. The summed E-state index contributed by atoms with van der Waals surface area (Å²) in [6.07, 6.45) is 2.45. The van der Waals surface area contributed by atoms with E-state index in [0.717, 1.165) is 24.8 Å². The number of rotatable bonds is 2. The van der Waals surface area contributed by atoms with Gasteiger partial charge in [0.25, 0.3) is 0 Å². The minimum absolute atomic E-state index is 0.149. The molecule has 1 aromatic carbocycles. The second-order valence-corrected chi connectivity index (χ2v) is 7.03. The second kappa shape index (κ2) is 5.40. The van der Waals surface area contributed by atoms with Gasteiger partial charge in [0, 0.05) is 24.3 Å². The lowest BCUT2D eigenvalue weighted by molar-refractivity contribution is -0.139. The van der Waals surface area contributed by atoms with E-state index in [1.165, 1.54) is 17.5 Å². The van der Waals surface area contributed by atoms with Gasteiger partial charge in [-0.05, 0) is 35.8 Å². The maximum absolute atomic E-state index is 12.9. The molecule has 4 atom stereocenters. The van der Waals surface area contributed by atoms with Gasteiger partial charge in [0.05, 0.1) is 12.7 Å². The van der Waals surface area contributed by atoms with Crippen molar-refractivity contribution in [2.45, 2.75) is 24.9 Å². The van der Waals surface area contributed by atoms with E-state index in [0.29, 0.717) is 24.3 Å². The van der Waals surface area contributed by atoms with Crippen LogP contribution in [0.1, 0.15) is 23.5 Å². The number of aryl methyl sites for hydroxylation is 1. The molecule has 3 aliphatic rings. The summed E-state index contributed by atoms with van der Waals surface area (Å²) in [6.45, 7) is 2.15. The molecule has 3 nitrogen and oxygen atoms in total. The van der Waals surface area contributed by atoms with Crippen molar-refractivity contribution in [3.8, 4) is 0 Å². The third-order valence-electron chi connectivity index (χ3n) is 5.24. The molecular formula is C17H20BrNO2. The number of carbonyl (C=O) groups excluding carboxylic acids is 1. The Hall–Kier alpha value is -0.870. The highest BCUT2D eigenvalue weighted by Crippen LogP contribution is 2.60. The maximum atomic E-state index is 12.9. The largest absolute Gasteiger partial charge is 0.374 e. The quantitative estimate of drug-likeness (QED) is 0.768. The van der Waals surface area contributed by atoms with Crippen LogP contribution in [-0.2, 0) is 16.0 Å². The van der Waals surface area contributed by atoms with Gasteiger partial charge in [-0.15, -0.1) is 0 Å². The van der Waals surface area contributed by atoms with Crippen molar-refractivity contribution >= 4 is 21.8 Å². The number of nitrogens with zero attached hydrogens (tertiary/aromatic N) is 1. The molecule has 1 saturated carbocycles. The standard InChI is InChI=1S/C17H20BrNO2/c18-9-12-10-19(7-8-21-12)17(20)16-14-6-5-11-3-1-2-4-13(11)15(14)16/h1-4,12,14-16H,5-10H2. The molecule has 0 N–H and O–H groups in total. The summed E-state index contributed by atoms with van der Waals surface area (Å²) in [5.41, 5.74) is 2.88. The molecule has 112 valence electrons. The molecule has 0 radical (unpaired) electrons. The Morgan fingerprint density at radius 1 is 1.38 bits per heavy atom. The molecule has 4 rings (SSSR count). The molecule has 4 unspecified atom stereocenters. The minimum Gasteiger partial charge on any atom is -0.374 e. The van der Waals surface area contributed by atoms with Crippen molar-refractivity contribution in [1.29, 1.82) is 0 Å². The highest BCUT2D eigenvalue weighted by molar-refractivity contribution is 9.09. The number of ether oxygens (including phenoxy) is 1. The molecule has 4 heteroatoms. The van der Waals surface area contributed by atoms with Gasteiger partial charge in [-0.1, -0.05) is 40.2 Å². The monoisotopic (exact) mass is 349 g/mol. The smallest absolute Gasteiger partial charge is 0.226 e. The second-order valence-electron chi connectivity index (χ2n) is 6.38. The summed E-state index contributed by atoms with van der Waals surface area (Å²) in [5.74, 6) is 1.64. The van der Waals surface area contributed by atoms with Crippen LogP contribution in [0, 0.1) is 11.8 Å². The number of hydrogen-bond acceptors (Lipinski definition) is 2. The van der Waals surface area contributed by atoms with E-state index in [4.69, 9.17) is 4.74 Å². The Balaban J connectivity index is 1.50. The zero-order valence-electron chi connectivity index (χ0n) is 12.0. The van der Waals surface area contributed by atoms with Crippen LogP contribution in [0.3, 0.4) is 0 Å². The van der Waals surface area contributed by atoms with Crippen molar-refractivity contribution in [3.05, 3.63) is 35.4 Å². The molecule has 2 fully saturated rings. The number of amides is 1. The molecule has 2 aliphatic carbocycles. The molecule has 1 aliphatic heterocycles. The van der Waals surface area contributed by atoms with E-state index >= 15 is 0 Å². The minimum atomic E-state index is 0.149. The highest BCUT2D eigenvalue weighted by Gasteiger charge is 2.58. The first kappa shape index (κ1) is 13.8. The van der Waals surface area contributed by atoms with E-state index in [1.54, 1.807) is 0 Å². The van der Waals surface area contributed by atoms with E-state index in [-0.39, 0.29) is 12.0 Å². The van der Waals surface area contributed by atoms with E-state index in [2.05, 4.69) is 40.2 Å². The molecule has 21 heavy (non-hydrogen) atoms. The molecule has 1 aromatic rings. The molecule has 1 heterocycles. The zero-order valence-corrected chi connectivity index (χ0v) is 13.6. The van der Waals surface area contributed by atoms with Gasteiger partial charge in [0.2, 0.25) is 5.91 Å². The number of fused-ring (bicyclic) bond motifs is 3. The first-order valence-corrected chi connectivity index (χ1v) is 8.96. The molecule has 1 saturated heterocycles. The first-order valence-electron chi connectivity index (χ1n) is 7.83. The molecule has 0 spiro atoms. The molecule has 0 aromatic heterocycles. The fourth-order valence-electron chi connectivity index (χ4n) is 4.13. The SMILES string of the molecule is O=C(C1C2CCc3ccccc3C21)N1CCOC(CBr)C1. The van der Waals surface area contributed by atoms with Crippen LogP contribution in [-0.4, -0.2) is 41.9 Å². The normalized spacial score (nSPS) is 34.0. The van der Waals surface area contributed by atoms with Crippen molar-refractivity contribution in [2.24, 2.45) is 11.8 Å². The molecular weight excluding hydrogens is 330 g/mol. The highest BCUT2D eigenvalue weighted by atomic mass is 79.9. The fourth-order valence-corrected chi connectivity index (χ4v) is 4.52. The van der Waals surface area contributed by atoms with Gasteiger partial charge in [-0.25, -0.2) is 0 Å². The van der Waals surface area contributed by atoms with Gasteiger partial charge in [-0.2, -0.15) is 0 Å². The number of hydrogen-bond donors (Lipinski definition) is 0. The van der Waals surface area contributed by atoms with Gasteiger partial charge in [0.15, 0.2) is 0 Å². The lowest BCUT2D eigenvalue weighted by Gasteiger charge is -2.32. The summed E-state index contributed by atoms with van der Waals surface area (Å²) >= 11 is 3.46. The van der Waals surface area contributed by atoms with Crippen LogP contribution in [0.2, 0.25) is 0 Å². The Kier molecular flexibility index (Phi) is 3.54. The average Bonchev–Trinajstić information content (AvgIpc) is 3.29. The van der Waals surface area contributed by atoms with Crippen molar-refractivity contribution in [2.75, 3.05) is 25.0 Å². The van der Waals surface area contributed by atoms with Crippen LogP contribution in [0.15, 0.2) is 24.3 Å². The predicted octanol–water partition coefficient (Wildman–Crippen LogP) is 2.58. The Morgan fingerprint density at radius 2 is 2.24 bits per heavy atom. The van der Waals surface area contributed by atoms with Crippen LogP contribution in [0.5, 0.6) is 0 Å². The zero-order chi connectivity index (χ0) is 14.4. The number of benzene rings is 1. The van der Waals surface area contributed by atoms with Gasteiger partial charge in [-0.3, -0.25) is 4.79 Å². The Labute approximate surface area is 133 Å². The lowest BCUT2D eigenvalue weighted by atomic mass is 9.92. The summed E-state index contributed by atoms with van der Waals surface area (Å²) in [7, 11) is 0. The maximum Gasteiger partial charge on any atom is 0.226 e. The van der Waals surface area contributed by atoms with Gasteiger partial charge in [0.1, 0.15) is 0 Å². The summed E-state index contributed by atoms with van der Waals surface area (Å²) in [6, 6.07) is 8.67. The van der Waals surface area contributed by atoms with Crippen molar-refractivity contribution in [3.63, 3.8) is 0 Å². The van der Waals surface area contributed by atoms with Crippen LogP contribution >= 0.6 is 15.9 Å². The summed E-state index contributed by atoms with van der Waals surface area (Å²) in [4.78, 5) is 14.9. The van der Waals surface area contributed by atoms with Crippen molar-refractivity contribution in [1.82, 2.24) is 4.90 Å². The lowest BCUT2D eigenvalue weighted by Crippen LogP contribution is -2.47.